The maximum Gasteiger partial charge on any atom is 0.264 e. The third-order valence-corrected chi connectivity index (χ3v) is 7.27. The molecule has 172 valence electrons. The average Bonchev–Trinajstić information content (AvgIpc) is 3.08. The van der Waals surface area contributed by atoms with Crippen molar-refractivity contribution in [3.8, 4) is 11.4 Å². The van der Waals surface area contributed by atoms with E-state index in [-0.39, 0.29) is 15.6 Å². The van der Waals surface area contributed by atoms with E-state index < -0.39 is 21.4 Å². The summed E-state index contributed by atoms with van der Waals surface area (Å²) in [6.45, 7) is 5.67. The SMILES string of the molecule is COCCc1nnc(-c2cc(Cl)c(F)cc2N(C(C)(C)C)S(=O)(=O)c2ccccc2)n1C. The van der Waals surface area contributed by atoms with Crippen LogP contribution in [-0.4, -0.2) is 42.4 Å². The minimum absolute atomic E-state index is 0.0926. The molecular weight excluding hydrogens is 455 g/mol. The molecule has 1 aromatic heterocycles. The Hall–Kier alpha value is -2.49. The normalized spacial score (nSPS) is 12.2. The van der Waals surface area contributed by atoms with Gasteiger partial charge in [-0.15, -0.1) is 10.2 Å². The fraction of sp³-hybridized carbons (Fsp3) is 0.364. The number of sulfonamides is 1. The predicted octanol–water partition coefficient (Wildman–Crippen LogP) is 4.46. The zero-order chi connectivity index (χ0) is 23.7. The fourth-order valence-corrected chi connectivity index (χ4v) is 5.45. The van der Waals surface area contributed by atoms with Crippen molar-refractivity contribution in [3.05, 3.63) is 59.1 Å². The fourth-order valence-electron chi connectivity index (χ4n) is 3.44. The van der Waals surface area contributed by atoms with Gasteiger partial charge in [0.05, 0.1) is 22.2 Å². The van der Waals surface area contributed by atoms with E-state index in [1.165, 1.54) is 22.5 Å². The Morgan fingerprint density at radius 1 is 1.16 bits per heavy atom. The van der Waals surface area contributed by atoms with Crippen molar-refractivity contribution in [1.82, 2.24) is 14.8 Å². The van der Waals surface area contributed by atoms with Crippen molar-refractivity contribution in [1.29, 1.82) is 0 Å². The maximum atomic E-state index is 14.7. The van der Waals surface area contributed by atoms with Gasteiger partial charge in [-0.3, -0.25) is 4.31 Å². The summed E-state index contributed by atoms with van der Waals surface area (Å²) in [5.74, 6) is 0.275. The standard InChI is InChI=1S/C22H26ClFN4O3S/c1-22(2,3)28(32(29,30)15-9-7-6-8-10-15)19-14-18(24)17(23)13-16(19)21-26-25-20(27(21)4)11-12-31-5/h6-10,13-14H,11-12H2,1-5H3. The molecule has 1 heterocycles. The van der Waals surface area contributed by atoms with E-state index in [1.54, 1.807) is 57.7 Å². The summed E-state index contributed by atoms with van der Waals surface area (Å²) in [5, 5.41) is 8.29. The maximum absolute atomic E-state index is 14.7. The number of hydrogen-bond donors (Lipinski definition) is 0. The smallest absolute Gasteiger partial charge is 0.264 e. The van der Waals surface area contributed by atoms with E-state index in [2.05, 4.69) is 10.2 Å². The van der Waals surface area contributed by atoms with Crippen LogP contribution in [0.5, 0.6) is 0 Å². The third-order valence-electron chi connectivity index (χ3n) is 4.88. The van der Waals surface area contributed by atoms with Crippen molar-refractivity contribution in [2.45, 2.75) is 37.6 Å². The van der Waals surface area contributed by atoms with Crippen molar-refractivity contribution in [2.24, 2.45) is 7.05 Å². The first kappa shape index (κ1) is 24.2. The van der Waals surface area contributed by atoms with Crippen LogP contribution in [0.4, 0.5) is 10.1 Å². The number of aromatic nitrogens is 3. The number of hydrogen-bond acceptors (Lipinski definition) is 5. The molecule has 0 spiro atoms. The molecular formula is C22H26ClFN4O3S. The van der Waals surface area contributed by atoms with Gasteiger partial charge in [-0.25, -0.2) is 12.8 Å². The lowest BCUT2D eigenvalue weighted by molar-refractivity contribution is 0.200. The molecule has 0 amide bonds. The molecule has 0 N–H and O–H groups in total. The van der Waals surface area contributed by atoms with E-state index in [1.807, 2.05) is 0 Å². The molecule has 0 aliphatic heterocycles. The van der Waals surface area contributed by atoms with Crippen molar-refractivity contribution in [2.75, 3.05) is 18.0 Å². The molecule has 0 aliphatic carbocycles. The lowest BCUT2D eigenvalue weighted by atomic mass is 10.1. The minimum Gasteiger partial charge on any atom is -0.384 e. The number of methoxy groups -OCH3 is 1. The minimum atomic E-state index is -4.05. The van der Waals surface area contributed by atoms with Gasteiger partial charge in [0.15, 0.2) is 5.82 Å². The van der Waals surface area contributed by atoms with Crippen LogP contribution < -0.4 is 4.31 Å². The molecule has 10 heteroatoms. The number of rotatable bonds is 7. The van der Waals surface area contributed by atoms with Gasteiger partial charge in [0, 0.05) is 37.7 Å². The highest BCUT2D eigenvalue weighted by Gasteiger charge is 2.37. The Bertz CT molecular complexity index is 1210. The summed E-state index contributed by atoms with van der Waals surface area (Å²) in [5.41, 5.74) is -0.456. The topological polar surface area (TPSA) is 77.3 Å². The van der Waals surface area contributed by atoms with Gasteiger partial charge in [-0.2, -0.15) is 0 Å². The van der Waals surface area contributed by atoms with E-state index in [0.29, 0.717) is 30.2 Å². The highest BCUT2D eigenvalue weighted by atomic mass is 35.5. The highest BCUT2D eigenvalue weighted by molar-refractivity contribution is 7.93. The highest BCUT2D eigenvalue weighted by Crippen LogP contribution is 2.40. The van der Waals surface area contributed by atoms with Crippen LogP contribution in [0, 0.1) is 5.82 Å². The molecule has 3 aromatic rings. The van der Waals surface area contributed by atoms with Crippen LogP contribution in [0.15, 0.2) is 47.4 Å². The number of ether oxygens (including phenoxy) is 1. The first-order chi connectivity index (χ1) is 15.0. The lowest BCUT2D eigenvalue weighted by Gasteiger charge is -2.37. The number of halogens is 2. The number of benzene rings is 2. The third kappa shape index (κ3) is 4.65. The van der Waals surface area contributed by atoms with Crippen molar-refractivity contribution >= 4 is 27.3 Å². The Kier molecular flexibility index (Phi) is 6.92. The summed E-state index contributed by atoms with van der Waals surface area (Å²) in [7, 11) is -0.700. The monoisotopic (exact) mass is 480 g/mol. The Morgan fingerprint density at radius 2 is 1.81 bits per heavy atom. The zero-order valence-corrected chi connectivity index (χ0v) is 20.2. The quantitative estimate of drug-likeness (QED) is 0.499. The van der Waals surface area contributed by atoms with E-state index in [0.717, 1.165) is 6.07 Å². The zero-order valence-electron chi connectivity index (χ0n) is 18.6. The van der Waals surface area contributed by atoms with Crippen LogP contribution in [0.3, 0.4) is 0 Å². The molecule has 0 radical (unpaired) electrons. The van der Waals surface area contributed by atoms with Crippen LogP contribution in [-0.2, 0) is 28.2 Å². The molecule has 2 aromatic carbocycles. The Morgan fingerprint density at radius 3 is 2.41 bits per heavy atom. The molecule has 0 saturated carbocycles. The molecule has 0 fully saturated rings. The average molecular weight is 481 g/mol. The number of nitrogens with zero attached hydrogens (tertiary/aromatic N) is 4. The second kappa shape index (κ2) is 9.17. The van der Waals surface area contributed by atoms with Gasteiger partial charge in [0.2, 0.25) is 0 Å². The summed E-state index contributed by atoms with van der Waals surface area (Å²) < 4.78 is 50.1. The van der Waals surface area contributed by atoms with Gasteiger partial charge in [0.25, 0.3) is 10.0 Å². The summed E-state index contributed by atoms with van der Waals surface area (Å²) >= 11 is 6.11. The molecule has 32 heavy (non-hydrogen) atoms. The van der Waals surface area contributed by atoms with Crippen LogP contribution in [0.2, 0.25) is 5.02 Å². The van der Waals surface area contributed by atoms with Gasteiger partial charge in [0.1, 0.15) is 11.6 Å². The van der Waals surface area contributed by atoms with Gasteiger partial charge < -0.3 is 9.30 Å². The van der Waals surface area contributed by atoms with Gasteiger partial charge >= 0.3 is 0 Å². The van der Waals surface area contributed by atoms with Crippen LogP contribution >= 0.6 is 11.6 Å². The van der Waals surface area contributed by atoms with E-state index in [9.17, 15) is 12.8 Å². The first-order valence-corrected chi connectivity index (χ1v) is 11.8. The van der Waals surface area contributed by atoms with Crippen molar-refractivity contribution in [3.63, 3.8) is 0 Å². The van der Waals surface area contributed by atoms with Crippen molar-refractivity contribution < 1.29 is 17.5 Å². The van der Waals surface area contributed by atoms with Crippen LogP contribution in [0.25, 0.3) is 11.4 Å². The lowest BCUT2D eigenvalue weighted by Crippen LogP contribution is -2.46. The Labute approximate surface area is 192 Å². The molecule has 0 bridgehead atoms. The second-order valence-electron chi connectivity index (χ2n) is 8.28. The predicted molar refractivity (Wildman–Crippen MR) is 123 cm³/mol. The summed E-state index contributed by atoms with van der Waals surface area (Å²) in [6, 6.07) is 10.5. The molecule has 3 rings (SSSR count). The molecule has 0 saturated heterocycles. The molecule has 0 atom stereocenters. The molecule has 0 aliphatic rings. The molecule has 7 nitrogen and oxygen atoms in total. The first-order valence-electron chi connectivity index (χ1n) is 9.95. The number of anilines is 1. The Balaban J connectivity index is 2.28. The van der Waals surface area contributed by atoms with Gasteiger partial charge in [-0.05, 0) is 39.0 Å². The second-order valence-corrected chi connectivity index (χ2v) is 10.5. The van der Waals surface area contributed by atoms with Gasteiger partial charge in [-0.1, -0.05) is 29.8 Å². The van der Waals surface area contributed by atoms with E-state index >= 15 is 0 Å². The molecule has 0 unspecified atom stereocenters. The van der Waals surface area contributed by atoms with Crippen LogP contribution in [0.1, 0.15) is 26.6 Å². The summed E-state index contributed by atoms with van der Waals surface area (Å²) in [4.78, 5) is 0.0926. The van der Waals surface area contributed by atoms with E-state index in [4.69, 9.17) is 16.3 Å². The summed E-state index contributed by atoms with van der Waals surface area (Å²) in [6.07, 6.45) is 0.509. The largest absolute Gasteiger partial charge is 0.384 e.